The molecule has 0 saturated carbocycles. The Kier molecular flexibility index (Phi) is 4.99. The van der Waals surface area contributed by atoms with Gasteiger partial charge in [0.15, 0.2) is 0 Å². The fourth-order valence-electron chi connectivity index (χ4n) is 3.48. The van der Waals surface area contributed by atoms with Gasteiger partial charge < -0.3 is 0 Å². The van der Waals surface area contributed by atoms with Gasteiger partial charge in [-0.15, -0.1) is 0 Å². The second-order valence-corrected chi connectivity index (χ2v) is 17.3. The molecular weight excluding hydrogens is 371 g/mol. The van der Waals surface area contributed by atoms with E-state index in [2.05, 4.69) is 97.9 Å². The van der Waals surface area contributed by atoms with Crippen molar-refractivity contribution in [2.45, 2.75) is 17.8 Å². The van der Waals surface area contributed by atoms with Gasteiger partial charge in [0.05, 0.1) is 0 Å². The third kappa shape index (κ3) is 2.85. The summed E-state index contributed by atoms with van der Waals surface area (Å²) in [6.45, 7) is 2.32. The zero-order valence-electron chi connectivity index (χ0n) is 13.1. The second kappa shape index (κ2) is 7.15. The molecule has 0 atom stereocenters. The SMILES string of the molecule is CC[CH2][Sn]([c]1ccccc1)([c]1ccccc1)[c]1ccccc1. The summed E-state index contributed by atoms with van der Waals surface area (Å²) < 4.78 is 6.05. The van der Waals surface area contributed by atoms with Crippen molar-refractivity contribution in [2.75, 3.05) is 0 Å². The third-order valence-electron chi connectivity index (χ3n) is 4.42. The van der Waals surface area contributed by atoms with Crippen molar-refractivity contribution in [3.8, 4) is 0 Å². The van der Waals surface area contributed by atoms with Crippen molar-refractivity contribution < 1.29 is 0 Å². The van der Waals surface area contributed by atoms with Crippen LogP contribution in [0.25, 0.3) is 0 Å². The quantitative estimate of drug-likeness (QED) is 0.582. The van der Waals surface area contributed by atoms with Crippen LogP contribution in [0.4, 0.5) is 0 Å². The minimum atomic E-state index is -2.87. The Morgan fingerprint density at radius 3 is 1.14 bits per heavy atom. The molecule has 0 bridgehead atoms. The van der Waals surface area contributed by atoms with Crippen molar-refractivity contribution in [3.63, 3.8) is 0 Å². The maximum atomic E-state index is 2.35. The molecule has 0 amide bonds. The molecule has 0 fully saturated rings. The molecule has 110 valence electrons. The van der Waals surface area contributed by atoms with E-state index in [0.717, 1.165) is 0 Å². The average molecular weight is 393 g/mol. The molecule has 0 heterocycles. The van der Waals surface area contributed by atoms with Crippen molar-refractivity contribution in [3.05, 3.63) is 91.0 Å². The van der Waals surface area contributed by atoms with Crippen LogP contribution in [0.3, 0.4) is 0 Å². The van der Waals surface area contributed by atoms with Gasteiger partial charge in [0.2, 0.25) is 0 Å². The summed E-state index contributed by atoms with van der Waals surface area (Å²) in [6, 6.07) is 33.7. The first kappa shape index (κ1) is 15.4. The van der Waals surface area contributed by atoms with E-state index in [9.17, 15) is 0 Å². The van der Waals surface area contributed by atoms with E-state index in [0.29, 0.717) is 0 Å². The van der Waals surface area contributed by atoms with Crippen LogP contribution in [0, 0.1) is 0 Å². The van der Waals surface area contributed by atoms with Gasteiger partial charge in [-0.25, -0.2) is 0 Å². The van der Waals surface area contributed by atoms with Crippen molar-refractivity contribution in [1.82, 2.24) is 0 Å². The normalized spacial score (nSPS) is 11.3. The second-order valence-electron chi connectivity index (χ2n) is 5.75. The molecule has 0 nitrogen and oxygen atoms in total. The number of hydrogen-bond acceptors (Lipinski definition) is 0. The molecule has 0 aromatic heterocycles. The van der Waals surface area contributed by atoms with Crippen LogP contribution in [0.2, 0.25) is 4.44 Å². The predicted octanol–water partition coefficient (Wildman–Crippen LogP) is 3.57. The van der Waals surface area contributed by atoms with Crippen LogP contribution < -0.4 is 10.7 Å². The molecule has 0 aliphatic rings. The van der Waals surface area contributed by atoms with Crippen LogP contribution in [0.15, 0.2) is 91.0 Å². The fraction of sp³-hybridized carbons (Fsp3) is 0.143. The zero-order valence-corrected chi connectivity index (χ0v) is 15.9. The Morgan fingerprint density at radius 1 is 0.545 bits per heavy atom. The van der Waals surface area contributed by atoms with E-state index in [1.165, 1.54) is 10.9 Å². The van der Waals surface area contributed by atoms with E-state index in [4.69, 9.17) is 0 Å². The maximum absolute atomic E-state index is 2.87. The van der Waals surface area contributed by atoms with Gasteiger partial charge in [-0.1, -0.05) is 0 Å². The molecule has 3 rings (SSSR count). The summed E-state index contributed by atoms with van der Waals surface area (Å²) in [5.74, 6) is 0. The van der Waals surface area contributed by atoms with E-state index in [1.807, 2.05) is 0 Å². The first-order valence-corrected chi connectivity index (χ1v) is 14.3. The van der Waals surface area contributed by atoms with Crippen LogP contribution in [0.1, 0.15) is 13.3 Å². The molecular formula is C21H22Sn. The Hall–Kier alpha value is -1.54. The summed E-state index contributed by atoms with van der Waals surface area (Å²) in [5, 5.41) is 0. The topological polar surface area (TPSA) is 0 Å². The summed E-state index contributed by atoms with van der Waals surface area (Å²) >= 11 is -2.87. The fourth-order valence-corrected chi connectivity index (χ4v) is 17.5. The zero-order chi connectivity index (χ0) is 15.3. The number of hydrogen-bond donors (Lipinski definition) is 0. The van der Waals surface area contributed by atoms with Crippen molar-refractivity contribution >= 4 is 29.1 Å². The molecule has 1 heteroatoms. The molecule has 3 aromatic rings. The molecule has 22 heavy (non-hydrogen) atoms. The van der Waals surface area contributed by atoms with Gasteiger partial charge >= 0.3 is 138 Å². The molecule has 0 aliphatic carbocycles. The Balaban J connectivity index is 2.29. The van der Waals surface area contributed by atoms with Crippen molar-refractivity contribution in [2.24, 2.45) is 0 Å². The number of benzene rings is 3. The first-order chi connectivity index (χ1) is 10.9. The van der Waals surface area contributed by atoms with E-state index < -0.39 is 18.4 Å². The van der Waals surface area contributed by atoms with Crippen LogP contribution in [-0.2, 0) is 0 Å². The monoisotopic (exact) mass is 394 g/mol. The molecule has 0 unspecified atom stereocenters. The van der Waals surface area contributed by atoms with Crippen molar-refractivity contribution in [1.29, 1.82) is 0 Å². The van der Waals surface area contributed by atoms with Gasteiger partial charge in [0.1, 0.15) is 0 Å². The van der Waals surface area contributed by atoms with Gasteiger partial charge in [-0.05, 0) is 0 Å². The molecule has 0 N–H and O–H groups in total. The van der Waals surface area contributed by atoms with E-state index >= 15 is 0 Å². The summed E-state index contributed by atoms with van der Waals surface area (Å²) in [7, 11) is 0. The predicted molar refractivity (Wildman–Crippen MR) is 99.1 cm³/mol. The Bertz CT molecular complexity index is 593. The summed E-state index contributed by atoms with van der Waals surface area (Å²) in [6.07, 6.45) is 1.23. The molecule has 0 spiro atoms. The average Bonchev–Trinajstić information content (AvgIpc) is 2.62. The third-order valence-corrected chi connectivity index (χ3v) is 19.3. The van der Waals surface area contributed by atoms with Gasteiger partial charge in [0.25, 0.3) is 0 Å². The van der Waals surface area contributed by atoms with Crippen LogP contribution in [-0.4, -0.2) is 18.4 Å². The molecule has 0 saturated heterocycles. The first-order valence-electron chi connectivity index (χ1n) is 8.04. The Morgan fingerprint density at radius 2 is 0.864 bits per heavy atom. The van der Waals surface area contributed by atoms with Gasteiger partial charge in [-0.3, -0.25) is 0 Å². The Labute approximate surface area is 137 Å². The van der Waals surface area contributed by atoms with E-state index in [-0.39, 0.29) is 0 Å². The van der Waals surface area contributed by atoms with Crippen LogP contribution in [0.5, 0.6) is 0 Å². The summed E-state index contributed by atoms with van der Waals surface area (Å²) in [4.78, 5) is 0. The molecule has 0 radical (unpaired) electrons. The summed E-state index contributed by atoms with van der Waals surface area (Å²) in [5.41, 5.74) is 0. The number of rotatable bonds is 5. The van der Waals surface area contributed by atoms with Crippen LogP contribution >= 0.6 is 0 Å². The van der Waals surface area contributed by atoms with E-state index in [1.54, 1.807) is 10.7 Å². The standard InChI is InChI=1S/3C6H5.C3H7.Sn/c3*1-2-4-6-5-3-1;1-3-2;/h3*1-5H;1,3H2,2H3;. The molecule has 0 aliphatic heterocycles. The minimum absolute atomic E-state index is 1.23. The van der Waals surface area contributed by atoms with Gasteiger partial charge in [-0.2, -0.15) is 0 Å². The van der Waals surface area contributed by atoms with Gasteiger partial charge in [0, 0.05) is 0 Å². The molecule has 3 aromatic carbocycles.